The Kier molecular flexibility index (Phi) is 9.93. The Bertz CT molecular complexity index is 471. The number of rotatable bonds is 12. The maximum Gasteiger partial charge on any atom is 0.294 e. The smallest absolute Gasteiger partial charge is 0.294 e. The van der Waals surface area contributed by atoms with Crippen molar-refractivity contribution in [3.63, 3.8) is 0 Å². The SMILES string of the molecule is CCC(CSC(=O)C(C)(C)CO[N+](=O)[O-])NC(=O)C(C)(C)CO[NH2+][O-]. The fourth-order valence-corrected chi connectivity index (χ4v) is 2.72. The molecule has 0 saturated heterocycles. The highest BCUT2D eigenvalue weighted by Crippen LogP contribution is 2.25. The zero-order valence-corrected chi connectivity index (χ0v) is 16.0. The molecule has 0 aromatic carbocycles. The molecule has 0 aliphatic heterocycles. The van der Waals surface area contributed by atoms with Crippen molar-refractivity contribution >= 4 is 22.8 Å². The molecule has 0 fully saturated rings. The Morgan fingerprint density at radius 3 is 2.32 bits per heavy atom. The van der Waals surface area contributed by atoms with E-state index in [1.165, 1.54) is 0 Å². The molecule has 0 saturated carbocycles. The topological polar surface area (TPSA) is 147 Å². The Morgan fingerprint density at radius 2 is 1.84 bits per heavy atom. The Morgan fingerprint density at radius 1 is 1.24 bits per heavy atom. The summed E-state index contributed by atoms with van der Waals surface area (Å²) in [4.78, 5) is 43.7. The van der Waals surface area contributed by atoms with Gasteiger partial charge in [-0.05, 0) is 20.3 Å². The van der Waals surface area contributed by atoms with Crippen molar-refractivity contribution in [3.8, 4) is 0 Å². The molecule has 0 radical (unpaired) electrons. The molecule has 0 bridgehead atoms. The summed E-state index contributed by atoms with van der Waals surface area (Å²) in [5, 5.41) is 22.2. The van der Waals surface area contributed by atoms with E-state index in [4.69, 9.17) is 0 Å². The molecule has 0 aromatic rings. The van der Waals surface area contributed by atoms with Gasteiger partial charge in [0.15, 0.2) is 5.12 Å². The highest BCUT2D eigenvalue weighted by atomic mass is 32.2. The molecule has 146 valence electrons. The molecular formula is C14H27N3O7S. The summed E-state index contributed by atoms with van der Waals surface area (Å²) in [7, 11) is 0. The summed E-state index contributed by atoms with van der Waals surface area (Å²) in [5.74, 6) is 0.0401. The van der Waals surface area contributed by atoms with Gasteiger partial charge >= 0.3 is 0 Å². The third kappa shape index (κ3) is 9.00. The summed E-state index contributed by atoms with van der Waals surface area (Å²) in [6.45, 7) is 7.91. The highest BCUT2D eigenvalue weighted by molar-refractivity contribution is 8.13. The van der Waals surface area contributed by atoms with Crippen LogP contribution < -0.4 is 11.0 Å². The molecule has 25 heavy (non-hydrogen) atoms. The van der Waals surface area contributed by atoms with Crippen molar-refractivity contribution in [1.82, 2.24) is 5.32 Å². The Hall–Kier alpha value is -1.43. The van der Waals surface area contributed by atoms with Crippen LogP contribution in [-0.2, 0) is 19.3 Å². The first-order chi connectivity index (χ1) is 11.5. The molecular weight excluding hydrogens is 354 g/mol. The lowest BCUT2D eigenvalue weighted by Gasteiger charge is -2.27. The number of nitrogens with zero attached hydrogens (tertiary/aromatic N) is 1. The van der Waals surface area contributed by atoms with Crippen molar-refractivity contribution in [1.29, 1.82) is 0 Å². The van der Waals surface area contributed by atoms with Crippen molar-refractivity contribution in [2.45, 2.75) is 47.1 Å². The third-order valence-electron chi connectivity index (χ3n) is 3.45. The average molecular weight is 381 g/mol. The number of carbonyl (C=O) groups excluding carboxylic acids is 2. The van der Waals surface area contributed by atoms with Gasteiger partial charge in [0.2, 0.25) is 5.91 Å². The lowest BCUT2D eigenvalue weighted by molar-refractivity contribution is -0.852. The first-order valence-corrected chi connectivity index (χ1v) is 8.75. The molecule has 0 heterocycles. The van der Waals surface area contributed by atoms with E-state index in [2.05, 4.69) is 15.0 Å². The van der Waals surface area contributed by atoms with E-state index in [0.29, 0.717) is 12.2 Å². The largest absolute Gasteiger partial charge is 0.601 e. The number of nitrogens with two attached hydrogens (primary N) is 1. The number of hydrogen-bond acceptors (Lipinski definition) is 8. The van der Waals surface area contributed by atoms with Gasteiger partial charge in [-0.15, -0.1) is 10.1 Å². The monoisotopic (exact) mass is 381 g/mol. The van der Waals surface area contributed by atoms with Gasteiger partial charge in [0.05, 0.1) is 10.8 Å². The minimum absolute atomic E-state index is 0.0455. The molecule has 1 amide bonds. The zero-order valence-electron chi connectivity index (χ0n) is 15.2. The fraction of sp³-hybridized carbons (Fsp3) is 0.857. The quantitative estimate of drug-likeness (QED) is 0.364. The molecule has 0 aliphatic carbocycles. The summed E-state index contributed by atoms with van der Waals surface area (Å²) in [6, 6.07) is -0.260. The number of quaternary nitrogens is 1. The summed E-state index contributed by atoms with van der Waals surface area (Å²) < 4.78 is 0. The second kappa shape index (κ2) is 10.5. The Balaban J connectivity index is 4.56. The van der Waals surface area contributed by atoms with Crippen LogP contribution in [0.2, 0.25) is 0 Å². The van der Waals surface area contributed by atoms with Crippen LogP contribution in [0.15, 0.2) is 0 Å². The maximum absolute atomic E-state index is 12.3. The number of hydrogen-bond donors (Lipinski definition) is 2. The van der Waals surface area contributed by atoms with E-state index < -0.39 is 15.9 Å². The standard InChI is InChI=1S/C14H27N3O7S/c1-6-10(15-11(18)13(2,3)8-23-16-20)7-25-12(19)14(4,5)9-24-17(21)22/h10H,6-9,16H2,1-5H3,(H,15,18). The van der Waals surface area contributed by atoms with E-state index in [1.807, 2.05) is 6.92 Å². The predicted octanol–water partition coefficient (Wildman–Crippen LogP) is 0.395. The molecule has 10 nitrogen and oxygen atoms in total. The molecule has 0 rings (SSSR count). The van der Waals surface area contributed by atoms with Crippen LogP contribution >= 0.6 is 11.8 Å². The van der Waals surface area contributed by atoms with Gasteiger partial charge in [0.1, 0.15) is 13.2 Å². The van der Waals surface area contributed by atoms with Crippen molar-refractivity contribution in [2.24, 2.45) is 10.8 Å². The molecule has 0 spiro atoms. The van der Waals surface area contributed by atoms with Gasteiger partial charge in [-0.25, -0.2) is 10.5 Å². The van der Waals surface area contributed by atoms with Crippen LogP contribution in [0.25, 0.3) is 0 Å². The lowest BCUT2D eigenvalue weighted by atomic mass is 9.93. The van der Waals surface area contributed by atoms with Crippen LogP contribution in [0.3, 0.4) is 0 Å². The van der Waals surface area contributed by atoms with Crippen molar-refractivity contribution < 1.29 is 30.0 Å². The van der Waals surface area contributed by atoms with Crippen LogP contribution in [0.5, 0.6) is 0 Å². The van der Waals surface area contributed by atoms with Crippen LogP contribution in [0.4, 0.5) is 0 Å². The summed E-state index contributed by atoms with van der Waals surface area (Å²) >= 11 is 0.995. The lowest BCUT2D eigenvalue weighted by Crippen LogP contribution is -2.77. The van der Waals surface area contributed by atoms with E-state index in [-0.39, 0.29) is 35.9 Å². The van der Waals surface area contributed by atoms with Gasteiger partial charge in [0, 0.05) is 11.8 Å². The first-order valence-electron chi connectivity index (χ1n) is 7.77. The van der Waals surface area contributed by atoms with Crippen molar-refractivity contribution in [3.05, 3.63) is 15.3 Å². The van der Waals surface area contributed by atoms with Crippen LogP contribution in [-0.4, -0.2) is 41.1 Å². The molecule has 1 atom stereocenters. The number of carbonyl (C=O) groups is 2. The normalized spacial score (nSPS) is 13.2. The van der Waals surface area contributed by atoms with Crippen molar-refractivity contribution in [2.75, 3.05) is 19.0 Å². The first kappa shape index (κ1) is 23.6. The number of nitrogens with one attached hydrogen (secondary N) is 1. The maximum atomic E-state index is 12.3. The van der Waals surface area contributed by atoms with E-state index in [1.54, 1.807) is 27.7 Å². The zero-order chi connectivity index (χ0) is 19.7. The number of amides is 1. The fourth-order valence-electron chi connectivity index (χ4n) is 1.59. The molecule has 0 aromatic heterocycles. The van der Waals surface area contributed by atoms with Gasteiger partial charge in [-0.3, -0.25) is 9.59 Å². The van der Waals surface area contributed by atoms with E-state index in [0.717, 1.165) is 11.8 Å². The second-order valence-corrected chi connectivity index (χ2v) is 7.84. The minimum atomic E-state index is -1.02. The predicted molar refractivity (Wildman–Crippen MR) is 91.4 cm³/mol. The molecule has 3 N–H and O–H groups in total. The van der Waals surface area contributed by atoms with E-state index >= 15 is 0 Å². The van der Waals surface area contributed by atoms with Crippen LogP contribution in [0.1, 0.15) is 41.0 Å². The molecule has 1 unspecified atom stereocenters. The molecule has 0 aliphatic rings. The van der Waals surface area contributed by atoms with Gasteiger partial charge in [-0.1, -0.05) is 32.5 Å². The molecule has 11 heteroatoms. The van der Waals surface area contributed by atoms with Crippen LogP contribution in [0, 0.1) is 26.2 Å². The summed E-state index contributed by atoms with van der Waals surface area (Å²) in [5.41, 5.74) is -1.62. The van der Waals surface area contributed by atoms with E-state index in [9.17, 15) is 24.9 Å². The highest BCUT2D eigenvalue weighted by Gasteiger charge is 2.32. The van der Waals surface area contributed by atoms with Gasteiger partial charge < -0.3 is 15.4 Å². The minimum Gasteiger partial charge on any atom is -0.601 e. The van der Waals surface area contributed by atoms with Gasteiger partial charge in [-0.2, -0.15) is 0 Å². The average Bonchev–Trinajstić information content (AvgIpc) is 2.54. The number of thioether (sulfide) groups is 1. The Labute approximate surface area is 151 Å². The second-order valence-electron chi connectivity index (χ2n) is 6.85. The summed E-state index contributed by atoms with van der Waals surface area (Å²) in [6.07, 6.45) is 0.600. The third-order valence-corrected chi connectivity index (χ3v) is 4.84. The van der Waals surface area contributed by atoms with Gasteiger partial charge in [0.25, 0.3) is 5.09 Å².